The molecule has 0 bridgehead atoms. The molecule has 1 spiro atoms. The lowest BCUT2D eigenvalue weighted by Gasteiger charge is -2.41. The molecule has 33 heavy (non-hydrogen) atoms. The van der Waals surface area contributed by atoms with Crippen molar-refractivity contribution in [3.8, 4) is 0 Å². The molecule has 1 saturated heterocycles. The lowest BCUT2D eigenvalue weighted by Crippen LogP contribution is -2.44. The maximum absolute atomic E-state index is 4.97. The first kappa shape index (κ1) is 20.5. The van der Waals surface area contributed by atoms with Gasteiger partial charge in [0.05, 0.1) is 40.5 Å². The normalized spacial score (nSPS) is 20.6. The number of rotatable bonds is 3. The molecule has 0 unspecified atom stereocenters. The number of nitrogens with zero attached hydrogens (tertiary/aromatic N) is 5. The number of hydrogen-bond acceptors (Lipinski definition) is 7. The molecular formula is C25H32N8. The van der Waals surface area contributed by atoms with Gasteiger partial charge in [0, 0.05) is 43.7 Å². The summed E-state index contributed by atoms with van der Waals surface area (Å²) >= 11 is 0. The van der Waals surface area contributed by atoms with E-state index < -0.39 is 0 Å². The van der Waals surface area contributed by atoms with Crippen molar-refractivity contribution in [2.45, 2.75) is 37.5 Å². The second-order valence-corrected chi connectivity index (χ2v) is 9.82. The van der Waals surface area contributed by atoms with Gasteiger partial charge < -0.3 is 25.4 Å². The smallest absolute Gasteiger partial charge is 0.229 e. The van der Waals surface area contributed by atoms with Crippen LogP contribution in [0.25, 0.3) is 16.7 Å². The second-order valence-electron chi connectivity index (χ2n) is 9.82. The molecule has 6 rings (SSSR count). The fourth-order valence-corrected chi connectivity index (χ4v) is 5.72. The molecule has 3 N–H and O–H groups in total. The summed E-state index contributed by atoms with van der Waals surface area (Å²) in [5, 5.41) is 6.86. The van der Waals surface area contributed by atoms with Crippen molar-refractivity contribution in [1.82, 2.24) is 30.2 Å². The summed E-state index contributed by atoms with van der Waals surface area (Å²) in [5.41, 5.74) is 6.65. The Morgan fingerprint density at radius 2 is 1.85 bits per heavy atom. The standard InChI is InChI=1S/C25H32N8/c1-17-22-21(25(16-28-17)8-4-3-5-9-25)23-19(29-22)15-27-24(31-23)30-20-7-6-18(14-26-20)33-12-10-32(2)11-13-33/h6-7,14-15,28-29H,1,3-5,8-13,16H2,2H3,(H,26,27,30,31). The Morgan fingerprint density at radius 3 is 2.61 bits per heavy atom. The third kappa shape index (κ3) is 3.62. The number of hydrogen-bond donors (Lipinski definition) is 3. The maximum atomic E-state index is 4.97. The molecule has 172 valence electrons. The number of aromatic nitrogens is 4. The van der Waals surface area contributed by atoms with Gasteiger partial charge in [-0.1, -0.05) is 25.8 Å². The van der Waals surface area contributed by atoms with E-state index in [1.807, 2.05) is 18.5 Å². The molecule has 5 heterocycles. The summed E-state index contributed by atoms with van der Waals surface area (Å²) in [7, 11) is 2.17. The molecule has 0 aromatic carbocycles. The zero-order valence-electron chi connectivity index (χ0n) is 19.3. The first-order valence-corrected chi connectivity index (χ1v) is 12.1. The van der Waals surface area contributed by atoms with E-state index in [0.717, 1.165) is 66.7 Å². The number of fused-ring (bicyclic) bond motifs is 4. The van der Waals surface area contributed by atoms with Gasteiger partial charge in [-0.15, -0.1) is 0 Å². The van der Waals surface area contributed by atoms with Crippen LogP contribution >= 0.6 is 0 Å². The van der Waals surface area contributed by atoms with Gasteiger partial charge in [-0.05, 0) is 32.0 Å². The average Bonchev–Trinajstić information content (AvgIpc) is 3.24. The fourth-order valence-electron chi connectivity index (χ4n) is 5.72. The van der Waals surface area contributed by atoms with Crippen LogP contribution in [0.4, 0.5) is 17.5 Å². The van der Waals surface area contributed by atoms with Gasteiger partial charge in [-0.25, -0.2) is 15.0 Å². The topological polar surface area (TPSA) is 85.0 Å². The molecule has 0 radical (unpaired) electrons. The molecule has 8 nitrogen and oxygen atoms in total. The van der Waals surface area contributed by atoms with E-state index in [2.05, 4.69) is 55.1 Å². The number of pyridine rings is 1. The summed E-state index contributed by atoms with van der Waals surface area (Å²) in [6.07, 6.45) is 10.0. The number of nitrogens with one attached hydrogen (secondary N) is 3. The van der Waals surface area contributed by atoms with Crippen LogP contribution in [0.15, 0.2) is 31.1 Å². The van der Waals surface area contributed by atoms with E-state index >= 15 is 0 Å². The van der Waals surface area contributed by atoms with Gasteiger partial charge in [0.25, 0.3) is 0 Å². The molecule has 2 aliphatic heterocycles. The molecule has 8 heteroatoms. The van der Waals surface area contributed by atoms with Crippen molar-refractivity contribution in [2.24, 2.45) is 0 Å². The number of anilines is 3. The Balaban J connectivity index is 1.29. The minimum Gasteiger partial charge on any atom is -0.383 e. The first-order chi connectivity index (χ1) is 16.1. The lowest BCUT2D eigenvalue weighted by molar-refractivity contribution is 0.286. The van der Waals surface area contributed by atoms with Gasteiger partial charge >= 0.3 is 0 Å². The van der Waals surface area contributed by atoms with E-state index in [-0.39, 0.29) is 5.41 Å². The van der Waals surface area contributed by atoms with Crippen LogP contribution in [0.1, 0.15) is 43.4 Å². The summed E-state index contributed by atoms with van der Waals surface area (Å²) in [5.74, 6) is 1.34. The first-order valence-electron chi connectivity index (χ1n) is 12.1. The monoisotopic (exact) mass is 444 g/mol. The number of likely N-dealkylation sites (N-methyl/N-ethyl adjacent to an activating group) is 1. The van der Waals surface area contributed by atoms with E-state index in [4.69, 9.17) is 4.98 Å². The maximum Gasteiger partial charge on any atom is 0.229 e. The van der Waals surface area contributed by atoms with Crippen LogP contribution in [-0.2, 0) is 5.41 Å². The van der Waals surface area contributed by atoms with Gasteiger partial charge in [0.2, 0.25) is 5.95 Å². The molecule has 3 aromatic rings. The highest BCUT2D eigenvalue weighted by Crippen LogP contribution is 2.46. The molecule has 0 amide bonds. The van der Waals surface area contributed by atoms with Crippen LogP contribution < -0.4 is 15.5 Å². The van der Waals surface area contributed by atoms with Crippen molar-refractivity contribution in [3.05, 3.63) is 42.4 Å². The fraction of sp³-hybridized carbons (Fsp3) is 0.480. The largest absolute Gasteiger partial charge is 0.383 e. The third-order valence-electron chi connectivity index (χ3n) is 7.67. The number of piperazine rings is 1. The number of aromatic amines is 1. The minimum absolute atomic E-state index is 0.126. The van der Waals surface area contributed by atoms with Gasteiger partial charge in [0.15, 0.2) is 0 Å². The predicted octanol–water partition coefficient (Wildman–Crippen LogP) is 3.62. The Hall–Kier alpha value is -3.13. The summed E-state index contributed by atoms with van der Waals surface area (Å²) in [4.78, 5) is 22.5. The van der Waals surface area contributed by atoms with Gasteiger partial charge in [-0.3, -0.25) is 0 Å². The van der Waals surface area contributed by atoms with Gasteiger partial charge in [-0.2, -0.15) is 0 Å². The van der Waals surface area contributed by atoms with Crippen molar-refractivity contribution < 1.29 is 0 Å². The molecule has 3 aliphatic rings. The Morgan fingerprint density at radius 1 is 1.03 bits per heavy atom. The highest BCUT2D eigenvalue weighted by Gasteiger charge is 2.41. The van der Waals surface area contributed by atoms with E-state index in [1.54, 1.807) is 0 Å². The Labute approximate surface area is 194 Å². The van der Waals surface area contributed by atoms with Crippen LogP contribution in [0, 0.1) is 0 Å². The van der Waals surface area contributed by atoms with Crippen molar-refractivity contribution in [1.29, 1.82) is 0 Å². The average molecular weight is 445 g/mol. The van der Waals surface area contributed by atoms with Gasteiger partial charge in [0.1, 0.15) is 5.82 Å². The highest BCUT2D eigenvalue weighted by molar-refractivity contribution is 5.88. The van der Waals surface area contributed by atoms with Crippen LogP contribution in [0.2, 0.25) is 0 Å². The molecule has 3 aromatic heterocycles. The van der Waals surface area contributed by atoms with Crippen LogP contribution in [0.5, 0.6) is 0 Å². The van der Waals surface area contributed by atoms with Crippen molar-refractivity contribution in [2.75, 3.05) is 50.0 Å². The molecular weight excluding hydrogens is 412 g/mol. The highest BCUT2D eigenvalue weighted by atomic mass is 15.3. The molecule has 0 atom stereocenters. The number of H-pyrrole nitrogens is 1. The van der Waals surface area contributed by atoms with Crippen LogP contribution in [-0.4, -0.2) is 64.6 Å². The SMILES string of the molecule is C=C1NCC2(CCCCC2)c2c1[nH]c1cnc(Nc3ccc(N4CCN(C)CC4)cn3)nc21. The molecule has 2 fully saturated rings. The molecule has 1 saturated carbocycles. The molecule has 1 aliphatic carbocycles. The Kier molecular flexibility index (Phi) is 4.98. The predicted molar refractivity (Wildman–Crippen MR) is 133 cm³/mol. The van der Waals surface area contributed by atoms with Crippen molar-refractivity contribution >= 4 is 34.2 Å². The summed E-state index contributed by atoms with van der Waals surface area (Å²) in [6, 6.07) is 4.15. The zero-order valence-corrected chi connectivity index (χ0v) is 19.3. The van der Waals surface area contributed by atoms with E-state index in [9.17, 15) is 0 Å². The quantitative estimate of drug-likeness (QED) is 0.569. The minimum atomic E-state index is 0.126. The van der Waals surface area contributed by atoms with Crippen LogP contribution in [0.3, 0.4) is 0 Å². The third-order valence-corrected chi connectivity index (χ3v) is 7.67. The zero-order chi connectivity index (χ0) is 22.4. The Bertz CT molecular complexity index is 1170. The summed E-state index contributed by atoms with van der Waals surface area (Å²) in [6.45, 7) is 9.41. The van der Waals surface area contributed by atoms with E-state index in [0.29, 0.717) is 5.95 Å². The second kappa shape index (κ2) is 8.02. The lowest BCUT2D eigenvalue weighted by atomic mass is 9.67. The van der Waals surface area contributed by atoms with E-state index in [1.165, 1.54) is 37.7 Å². The summed E-state index contributed by atoms with van der Waals surface area (Å²) < 4.78 is 0. The van der Waals surface area contributed by atoms with Crippen molar-refractivity contribution in [3.63, 3.8) is 0 Å².